The van der Waals surface area contributed by atoms with Crippen molar-refractivity contribution in [2.45, 2.75) is 65.2 Å². The maximum Gasteiger partial charge on any atom is 0.306 e. The lowest BCUT2D eigenvalue weighted by atomic mass is 9.44. The summed E-state index contributed by atoms with van der Waals surface area (Å²) in [5, 5.41) is 0. The number of aryl methyl sites for hydroxylation is 1. The fourth-order valence-corrected chi connectivity index (χ4v) is 7.17. The van der Waals surface area contributed by atoms with Gasteiger partial charge in [-0.25, -0.2) is 4.98 Å². The molecule has 4 heteroatoms. The summed E-state index contributed by atoms with van der Waals surface area (Å²) in [5.74, 6) is 1.78. The topological polar surface area (TPSA) is 40.4 Å². The molecular weight excluding hydrogens is 306 g/mol. The molecule has 0 spiro atoms. The second-order valence-electron chi connectivity index (χ2n) is 8.85. The molecule has 1 heterocycles. The quantitative estimate of drug-likeness (QED) is 0.765. The Kier molecular flexibility index (Phi) is 3.79. The highest BCUT2D eigenvalue weighted by molar-refractivity contribution is 7.09. The number of aromatic amines is 1. The summed E-state index contributed by atoms with van der Waals surface area (Å²) in [7, 11) is 0. The maximum absolute atomic E-state index is 12.4. The van der Waals surface area contributed by atoms with Crippen LogP contribution in [-0.2, 0) is 16.0 Å². The van der Waals surface area contributed by atoms with Crippen LogP contribution >= 0.6 is 11.3 Å². The number of carbonyl (C=O) groups is 1. The molecule has 23 heavy (non-hydrogen) atoms. The molecule has 0 radical (unpaired) electrons. The van der Waals surface area contributed by atoms with E-state index in [9.17, 15) is 4.79 Å². The number of rotatable bonds is 5. The van der Waals surface area contributed by atoms with Gasteiger partial charge >= 0.3 is 5.97 Å². The van der Waals surface area contributed by atoms with Gasteiger partial charge in [0.05, 0.1) is 17.9 Å². The highest BCUT2D eigenvalue weighted by Crippen LogP contribution is 2.66. The van der Waals surface area contributed by atoms with Crippen molar-refractivity contribution in [2.75, 3.05) is 6.61 Å². The number of carbonyl (C=O) groups excluding carboxylic acids is 1. The summed E-state index contributed by atoms with van der Waals surface area (Å²) in [6, 6.07) is 0. The van der Waals surface area contributed by atoms with Crippen LogP contribution < -0.4 is 4.98 Å². The second-order valence-corrected chi connectivity index (χ2v) is 9.81. The van der Waals surface area contributed by atoms with Crippen LogP contribution in [0, 0.1) is 29.6 Å². The second kappa shape index (κ2) is 5.58. The number of hydrogen-bond acceptors (Lipinski definition) is 3. The van der Waals surface area contributed by atoms with Crippen molar-refractivity contribution < 1.29 is 14.5 Å². The monoisotopic (exact) mass is 334 g/mol. The zero-order valence-electron chi connectivity index (χ0n) is 14.3. The lowest BCUT2D eigenvalue weighted by Crippen LogP contribution is -2.51. The van der Waals surface area contributed by atoms with Gasteiger partial charge in [0.1, 0.15) is 0 Å². The molecule has 1 N–H and O–H groups in total. The van der Waals surface area contributed by atoms with Crippen LogP contribution in [0.2, 0.25) is 0 Å². The molecule has 5 rings (SSSR count). The van der Waals surface area contributed by atoms with Crippen molar-refractivity contribution >= 4 is 17.3 Å². The van der Waals surface area contributed by atoms with E-state index < -0.39 is 0 Å². The van der Waals surface area contributed by atoms with Gasteiger partial charge in [-0.3, -0.25) is 4.79 Å². The van der Waals surface area contributed by atoms with E-state index in [2.05, 4.69) is 18.8 Å². The van der Waals surface area contributed by atoms with Gasteiger partial charge in [0, 0.05) is 13.3 Å². The van der Waals surface area contributed by atoms with Crippen LogP contribution in [-0.4, -0.2) is 12.6 Å². The van der Waals surface area contributed by atoms with Gasteiger partial charge in [-0.05, 0) is 61.2 Å². The van der Waals surface area contributed by atoms with Crippen LogP contribution in [0.1, 0.15) is 62.4 Å². The Bertz CT molecular complexity index is 594. The lowest BCUT2D eigenvalue weighted by molar-refractivity contribution is -0.380. The first-order chi connectivity index (χ1) is 11.0. The van der Waals surface area contributed by atoms with Crippen LogP contribution in [0.4, 0.5) is 0 Å². The highest BCUT2D eigenvalue weighted by atomic mass is 32.1. The van der Waals surface area contributed by atoms with E-state index in [-0.39, 0.29) is 11.4 Å². The molecule has 0 aromatic carbocycles. The Hall–Kier alpha value is -0.900. The summed E-state index contributed by atoms with van der Waals surface area (Å²) >= 11 is 1.71. The molecule has 4 aliphatic carbocycles. The SMILES string of the molecule is Cc1[nH+]csc1CCOC(=O)CC12CC3CC(CC(C)(C3)C1)C2. The van der Waals surface area contributed by atoms with E-state index in [0.717, 1.165) is 18.3 Å². The minimum atomic E-state index is 0.0359. The van der Waals surface area contributed by atoms with Gasteiger partial charge in [0.2, 0.25) is 5.51 Å². The predicted molar refractivity (Wildman–Crippen MR) is 90.1 cm³/mol. The van der Waals surface area contributed by atoms with E-state index in [1.165, 1.54) is 49.1 Å². The normalized spacial score (nSPS) is 38.0. The number of H-pyrrole nitrogens is 1. The van der Waals surface area contributed by atoms with Crippen molar-refractivity contribution in [3.63, 3.8) is 0 Å². The molecule has 0 saturated heterocycles. The van der Waals surface area contributed by atoms with Gasteiger partial charge in [-0.1, -0.05) is 18.3 Å². The van der Waals surface area contributed by atoms with Gasteiger partial charge < -0.3 is 4.74 Å². The predicted octanol–water partition coefficient (Wildman–Crippen LogP) is 3.95. The molecule has 0 amide bonds. The molecule has 1 aromatic rings. The first-order valence-electron chi connectivity index (χ1n) is 9.06. The molecule has 2 unspecified atom stereocenters. The molecule has 3 nitrogen and oxygen atoms in total. The average molecular weight is 335 g/mol. The number of thiazole rings is 1. The summed E-state index contributed by atoms with van der Waals surface area (Å²) in [6.45, 7) is 5.05. The van der Waals surface area contributed by atoms with Crippen LogP contribution in [0.3, 0.4) is 0 Å². The fourth-order valence-electron chi connectivity index (χ4n) is 6.35. The highest BCUT2D eigenvalue weighted by Gasteiger charge is 2.56. The molecule has 4 saturated carbocycles. The van der Waals surface area contributed by atoms with Crippen LogP contribution in [0.5, 0.6) is 0 Å². The molecular formula is C19H28NO2S+. The van der Waals surface area contributed by atoms with Crippen LogP contribution in [0.15, 0.2) is 5.51 Å². The zero-order valence-corrected chi connectivity index (χ0v) is 15.1. The number of ether oxygens (including phenoxy) is 1. The maximum atomic E-state index is 12.4. The third kappa shape index (κ3) is 3.07. The number of nitrogens with one attached hydrogen (secondary N) is 1. The molecule has 4 bridgehead atoms. The summed E-state index contributed by atoms with van der Waals surface area (Å²) in [6.07, 6.45) is 9.50. The fraction of sp³-hybridized carbons (Fsp3) is 0.789. The standard InChI is InChI=1S/C19H27NO2S/c1-13-16(23-12-20-13)3-4-22-17(21)10-19-8-14-5-15(9-19)7-18(2,6-14)11-19/h12,14-15H,3-11H2,1-2H3/p+1. The van der Waals surface area contributed by atoms with Gasteiger partial charge in [0.15, 0.2) is 5.69 Å². The van der Waals surface area contributed by atoms with Crippen molar-refractivity contribution in [1.29, 1.82) is 0 Å². The van der Waals surface area contributed by atoms with Crippen molar-refractivity contribution in [2.24, 2.45) is 22.7 Å². The van der Waals surface area contributed by atoms with E-state index in [4.69, 9.17) is 4.74 Å². The van der Waals surface area contributed by atoms with Crippen molar-refractivity contribution in [1.82, 2.24) is 0 Å². The zero-order chi connectivity index (χ0) is 16.1. The Labute approximate surface area is 142 Å². The third-order valence-electron chi connectivity index (χ3n) is 6.48. The van der Waals surface area contributed by atoms with E-state index in [1.807, 2.05) is 5.51 Å². The summed E-state index contributed by atoms with van der Waals surface area (Å²) in [4.78, 5) is 16.9. The summed E-state index contributed by atoms with van der Waals surface area (Å²) in [5.41, 5.74) is 3.96. The largest absolute Gasteiger partial charge is 0.465 e. The number of esters is 1. The van der Waals surface area contributed by atoms with E-state index in [1.54, 1.807) is 11.3 Å². The minimum Gasteiger partial charge on any atom is -0.465 e. The Balaban J connectivity index is 1.33. The van der Waals surface area contributed by atoms with Gasteiger partial charge in [-0.2, -0.15) is 0 Å². The Morgan fingerprint density at radius 2 is 2.09 bits per heavy atom. The third-order valence-corrected chi connectivity index (χ3v) is 7.51. The number of aromatic nitrogens is 1. The van der Waals surface area contributed by atoms with Crippen LogP contribution in [0.25, 0.3) is 0 Å². The molecule has 0 aliphatic heterocycles. The van der Waals surface area contributed by atoms with E-state index in [0.29, 0.717) is 18.4 Å². The first-order valence-corrected chi connectivity index (χ1v) is 9.94. The molecule has 126 valence electrons. The van der Waals surface area contributed by atoms with E-state index >= 15 is 0 Å². The molecule has 4 fully saturated rings. The molecule has 1 aromatic heterocycles. The van der Waals surface area contributed by atoms with Crippen molar-refractivity contribution in [3.8, 4) is 0 Å². The van der Waals surface area contributed by atoms with Gasteiger partial charge in [-0.15, -0.1) is 0 Å². The lowest BCUT2D eigenvalue weighted by Gasteiger charge is -2.61. The Morgan fingerprint density at radius 3 is 2.70 bits per heavy atom. The smallest absolute Gasteiger partial charge is 0.306 e. The molecule has 2 atom stereocenters. The van der Waals surface area contributed by atoms with Crippen molar-refractivity contribution in [3.05, 3.63) is 16.1 Å². The summed E-state index contributed by atoms with van der Waals surface area (Å²) < 4.78 is 5.60. The first kappa shape index (κ1) is 15.6. The minimum absolute atomic E-state index is 0.0359. The average Bonchev–Trinajstić information content (AvgIpc) is 2.80. The number of hydrogen-bond donors (Lipinski definition) is 0. The molecule has 4 aliphatic rings. The van der Waals surface area contributed by atoms with Gasteiger partial charge in [0.25, 0.3) is 0 Å². The Morgan fingerprint density at radius 1 is 1.35 bits per heavy atom.